The van der Waals surface area contributed by atoms with Crippen molar-refractivity contribution < 1.29 is 9.21 Å². The number of amides is 1. The van der Waals surface area contributed by atoms with Crippen LogP contribution in [0.2, 0.25) is 0 Å². The molecule has 0 aliphatic carbocycles. The molecule has 1 amide bonds. The van der Waals surface area contributed by atoms with Crippen molar-refractivity contribution in [1.82, 2.24) is 5.32 Å². The second-order valence-electron chi connectivity index (χ2n) is 1.94. The molecule has 1 aliphatic heterocycles. The molecular weight excluding hydrogens is 118 g/mol. The van der Waals surface area contributed by atoms with Gasteiger partial charge in [0.05, 0.1) is 18.4 Å². The standard InChI is InChI=1S/C6H5NO2/c8-6-4-1-2-9-5(4)3-7-6/h1-2H,3H2,(H,7,8). The predicted molar refractivity (Wildman–Crippen MR) is 29.9 cm³/mol. The lowest BCUT2D eigenvalue weighted by Gasteiger charge is -1.84. The average molecular weight is 123 g/mol. The van der Waals surface area contributed by atoms with E-state index in [1.54, 1.807) is 6.07 Å². The van der Waals surface area contributed by atoms with Crippen LogP contribution in [-0.4, -0.2) is 5.91 Å². The van der Waals surface area contributed by atoms with Crippen molar-refractivity contribution in [2.75, 3.05) is 0 Å². The molecule has 46 valence electrons. The smallest absolute Gasteiger partial charge is 0.255 e. The van der Waals surface area contributed by atoms with E-state index in [4.69, 9.17) is 4.42 Å². The molecule has 3 heteroatoms. The molecule has 0 spiro atoms. The van der Waals surface area contributed by atoms with Gasteiger partial charge in [0, 0.05) is 0 Å². The van der Waals surface area contributed by atoms with Crippen LogP contribution in [0, 0.1) is 0 Å². The third-order valence-electron chi connectivity index (χ3n) is 1.40. The largest absolute Gasteiger partial charge is 0.467 e. The first-order chi connectivity index (χ1) is 4.38. The summed E-state index contributed by atoms with van der Waals surface area (Å²) in [6, 6.07) is 1.68. The van der Waals surface area contributed by atoms with Crippen molar-refractivity contribution in [2.45, 2.75) is 6.54 Å². The number of carbonyl (C=O) groups is 1. The zero-order valence-corrected chi connectivity index (χ0v) is 4.68. The number of furan rings is 1. The fourth-order valence-electron chi connectivity index (χ4n) is 0.936. The Morgan fingerprint density at radius 2 is 2.56 bits per heavy atom. The van der Waals surface area contributed by atoms with Crippen molar-refractivity contribution in [3.05, 3.63) is 23.7 Å². The SMILES string of the molecule is O=C1NCc2occc21. The lowest BCUT2D eigenvalue weighted by molar-refractivity contribution is 0.0965. The molecule has 0 atom stereocenters. The van der Waals surface area contributed by atoms with Gasteiger partial charge in [0.15, 0.2) is 0 Å². The van der Waals surface area contributed by atoms with E-state index in [0.29, 0.717) is 12.1 Å². The number of hydrogen-bond donors (Lipinski definition) is 1. The molecule has 0 fully saturated rings. The number of fused-ring (bicyclic) bond motifs is 1. The lowest BCUT2D eigenvalue weighted by atomic mass is 10.3. The molecule has 0 unspecified atom stereocenters. The van der Waals surface area contributed by atoms with Gasteiger partial charge in [-0.05, 0) is 6.07 Å². The Labute approximate surface area is 51.7 Å². The maximum absolute atomic E-state index is 10.8. The van der Waals surface area contributed by atoms with E-state index in [0.717, 1.165) is 5.76 Å². The summed E-state index contributed by atoms with van der Waals surface area (Å²) in [7, 11) is 0. The highest BCUT2D eigenvalue weighted by atomic mass is 16.3. The number of hydrogen-bond acceptors (Lipinski definition) is 2. The molecule has 0 bridgehead atoms. The van der Waals surface area contributed by atoms with Crippen molar-refractivity contribution in [3.63, 3.8) is 0 Å². The Kier molecular flexibility index (Phi) is 0.704. The van der Waals surface area contributed by atoms with Crippen LogP contribution in [0.5, 0.6) is 0 Å². The number of rotatable bonds is 0. The van der Waals surface area contributed by atoms with Gasteiger partial charge in [-0.1, -0.05) is 0 Å². The molecule has 1 aromatic heterocycles. The molecule has 1 N–H and O–H groups in total. The molecule has 0 saturated heterocycles. The molecule has 0 aromatic carbocycles. The first-order valence-corrected chi connectivity index (χ1v) is 2.72. The Bertz CT molecular complexity index is 251. The predicted octanol–water partition coefficient (Wildman–Crippen LogP) is 0.523. The summed E-state index contributed by atoms with van der Waals surface area (Å²) in [4.78, 5) is 10.8. The monoisotopic (exact) mass is 123 g/mol. The highest BCUT2D eigenvalue weighted by Crippen LogP contribution is 2.14. The van der Waals surface area contributed by atoms with E-state index in [-0.39, 0.29) is 5.91 Å². The molecule has 2 heterocycles. The van der Waals surface area contributed by atoms with E-state index >= 15 is 0 Å². The summed E-state index contributed by atoms with van der Waals surface area (Å²) in [5, 5.41) is 2.63. The zero-order chi connectivity index (χ0) is 6.27. The average Bonchev–Trinajstić information content (AvgIpc) is 2.35. The Balaban J connectivity index is 2.61. The summed E-state index contributed by atoms with van der Waals surface area (Å²) in [6.07, 6.45) is 1.53. The third-order valence-corrected chi connectivity index (χ3v) is 1.40. The Morgan fingerprint density at radius 1 is 1.67 bits per heavy atom. The van der Waals surface area contributed by atoms with Crippen LogP contribution >= 0.6 is 0 Å². The fraction of sp³-hybridized carbons (Fsp3) is 0.167. The topological polar surface area (TPSA) is 42.2 Å². The minimum Gasteiger partial charge on any atom is -0.467 e. The van der Waals surface area contributed by atoms with Crippen LogP contribution in [0.1, 0.15) is 16.1 Å². The Morgan fingerprint density at radius 3 is 3.33 bits per heavy atom. The van der Waals surface area contributed by atoms with Gasteiger partial charge in [0.25, 0.3) is 5.91 Å². The first kappa shape index (κ1) is 4.61. The molecule has 2 rings (SSSR count). The maximum Gasteiger partial charge on any atom is 0.255 e. The highest BCUT2D eigenvalue weighted by Gasteiger charge is 2.20. The minimum atomic E-state index is -0.0289. The van der Waals surface area contributed by atoms with Gasteiger partial charge < -0.3 is 9.73 Å². The van der Waals surface area contributed by atoms with Crippen LogP contribution < -0.4 is 5.32 Å². The fourth-order valence-corrected chi connectivity index (χ4v) is 0.936. The van der Waals surface area contributed by atoms with Crippen LogP contribution in [0.15, 0.2) is 16.7 Å². The minimum absolute atomic E-state index is 0.0289. The molecule has 1 aromatic rings. The molecule has 0 saturated carbocycles. The summed E-state index contributed by atoms with van der Waals surface area (Å²) in [5.74, 6) is 0.721. The summed E-state index contributed by atoms with van der Waals surface area (Å²) >= 11 is 0. The van der Waals surface area contributed by atoms with E-state index in [1.165, 1.54) is 6.26 Å². The first-order valence-electron chi connectivity index (χ1n) is 2.72. The Hall–Kier alpha value is -1.25. The normalized spacial score (nSPS) is 15.3. The van der Waals surface area contributed by atoms with Gasteiger partial charge in [-0.2, -0.15) is 0 Å². The zero-order valence-electron chi connectivity index (χ0n) is 4.68. The molecule has 9 heavy (non-hydrogen) atoms. The van der Waals surface area contributed by atoms with Crippen LogP contribution in [0.4, 0.5) is 0 Å². The van der Waals surface area contributed by atoms with Crippen LogP contribution in [0.25, 0.3) is 0 Å². The second-order valence-corrected chi connectivity index (χ2v) is 1.94. The molecule has 0 radical (unpaired) electrons. The van der Waals surface area contributed by atoms with Crippen molar-refractivity contribution in [3.8, 4) is 0 Å². The quantitative estimate of drug-likeness (QED) is 0.546. The van der Waals surface area contributed by atoms with Gasteiger partial charge >= 0.3 is 0 Å². The van der Waals surface area contributed by atoms with Gasteiger partial charge in [-0.25, -0.2) is 0 Å². The number of carbonyl (C=O) groups excluding carboxylic acids is 1. The van der Waals surface area contributed by atoms with Gasteiger partial charge in [-0.15, -0.1) is 0 Å². The maximum atomic E-state index is 10.8. The molecule has 1 aliphatic rings. The molecule has 3 nitrogen and oxygen atoms in total. The summed E-state index contributed by atoms with van der Waals surface area (Å²) < 4.78 is 4.96. The van der Waals surface area contributed by atoms with Gasteiger partial charge in [0.2, 0.25) is 0 Å². The van der Waals surface area contributed by atoms with E-state index in [1.807, 2.05) is 0 Å². The molecular formula is C6H5NO2. The van der Waals surface area contributed by atoms with E-state index in [9.17, 15) is 4.79 Å². The van der Waals surface area contributed by atoms with Crippen molar-refractivity contribution in [2.24, 2.45) is 0 Å². The van der Waals surface area contributed by atoms with Gasteiger partial charge in [-0.3, -0.25) is 4.79 Å². The van der Waals surface area contributed by atoms with Crippen LogP contribution in [-0.2, 0) is 6.54 Å². The lowest BCUT2D eigenvalue weighted by Crippen LogP contribution is -2.12. The highest BCUT2D eigenvalue weighted by molar-refractivity contribution is 5.97. The third kappa shape index (κ3) is 0.483. The number of nitrogens with one attached hydrogen (secondary N) is 1. The van der Waals surface area contributed by atoms with Crippen LogP contribution in [0.3, 0.4) is 0 Å². The van der Waals surface area contributed by atoms with E-state index < -0.39 is 0 Å². The van der Waals surface area contributed by atoms with Crippen molar-refractivity contribution >= 4 is 5.91 Å². The second kappa shape index (κ2) is 1.37. The van der Waals surface area contributed by atoms with Gasteiger partial charge in [0.1, 0.15) is 5.76 Å². The van der Waals surface area contributed by atoms with E-state index in [2.05, 4.69) is 5.32 Å². The summed E-state index contributed by atoms with van der Waals surface area (Å²) in [6.45, 7) is 0.543. The summed E-state index contributed by atoms with van der Waals surface area (Å²) in [5.41, 5.74) is 0.676. The van der Waals surface area contributed by atoms with Crippen molar-refractivity contribution in [1.29, 1.82) is 0 Å².